The Hall–Kier alpha value is -3.09. The molecule has 0 saturated carbocycles. The molecule has 26 heavy (non-hydrogen) atoms. The molecule has 1 aliphatic heterocycles. The summed E-state index contributed by atoms with van der Waals surface area (Å²) in [5.74, 6) is 0.305. The van der Waals surface area contributed by atoms with E-state index in [0.29, 0.717) is 39.0 Å². The fourth-order valence-corrected chi connectivity index (χ4v) is 3.12. The number of aryl methyl sites for hydroxylation is 1. The Labute approximate surface area is 151 Å². The zero-order valence-electron chi connectivity index (χ0n) is 14.4. The summed E-state index contributed by atoms with van der Waals surface area (Å²) in [7, 11) is 0. The van der Waals surface area contributed by atoms with Gasteiger partial charge in [0.05, 0.1) is 4.92 Å². The number of carbonyl (C=O) groups is 1. The number of anilines is 1. The fourth-order valence-electron chi connectivity index (χ4n) is 3.12. The highest BCUT2D eigenvalue weighted by Crippen LogP contribution is 2.21. The second-order valence-electron chi connectivity index (χ2n) is 6.27. The molecule has 0 aromatic heterocycles. The molecule has 0 aliphatic carbocycles. The topological polar surface area (TPSA) is 86.9 Å². The number of nitrogens with zero attached hydrogens (tertiary/aromatic N) is 3. The van der Waals surface area contributed by atoms with Crippen molar-refractivity contribution in [1.29, 1.82) is 0 Å². The summed E-state index contributed by atoms with van der Waals surface area (Å²) >= 11 is 0. The molecular formula is C19H21N3O4. The Balaban J connectivity index is 1.50. The van der Waals surface area contributed by atoms with Crippen LogP contribution in [0.25, 0.3) is 0 Å². The maximum absolute atomic E-state index is 12.4. The molecule has 1 heterocycles. The lowest BCUT2D eigenvalue weighted by molar-refractivity contribution is -0.384. The van der Waals surface area contributed by atoms with E-state index < -0.39 is 4.92 Å². The molecule has 7 nitrogen and oxygen atoms in total. The number of nitro benzene ring substituents is 1. The number of amides is 1. The zero-order chi connectivity index (χ0) is 18.5. The van der Waals surface area contributed by atoms with E-state index in [1.807, 2.05) is 17.0 Å². The van der Waals surface area contributed by atoms with Gasteiger partial charge in [-0.3, -0.25) is 14.9 Å². The Morgan fingerprint density at radius 2 is 1.69 bits per heavy atom. The van der Waals surface area contributed by atoms with Gasteiger partial charge in [-0.25, -0.2) is 0 Å². The smallest absolute Gasteiger partial charge is 0.269 e. The number of non-ortho nitro benzene ring substituents is 1. The molecule has 0 bridgehead atoms. The van der Waals surface area contributed by atoms with Gasteiger partial charge in [0, 0.05) is 50.4 Å². The van der Waals surface area contributed by atoms with Crippen molar-refractivity contribution in [3.63, 3.8) is 0 Å². The summed E-state index contributed by atoms with van der Waals surface area (Å²) in [5, 5.41) is 20.5. The first-order chi connectivity index (χ1) is 12.5. The van der Waals surface area contributed by atoms with Crippen LogP contribution in [0.2, 0.25) is 0 Å². The van der Waals surface area contributed by atoms with Crippen LogP contribution in [0.3, 0.4) is 0 Å². The molecule has 0 unspecified atom stereocenters. The van der Waals surface area contributed by atoms with Crippen molar-refractivity contribution in [2.75, 3.05) is 31.1 Å². The molecule has 0 spiro atoms. The SMILES string of the molecule is O=C(CCc1ccccc1O)N1CCN(c2ccc([N+](=O)[O-])cc2)CC1. The van der Waals surface area contributed by atoms with Crippen LogP contribution in [0.15, 0.2) is 48.5 Å². The van der Waals surface area contributed by atoms with Gasteiger partial charge in [0.15, 0.2) is 0 Å². The molecular weight excluding hydrogens is 334 g/mol. The van der Waals surface area contributed by atoms with Crippen LogP contribution in [-0.4, -0.2) is 47.0 Å². The van der Waals surface area contributed by atoms with Crippen molar-refractivity contribution >= 4 is 17.3 Å². The molecule has 0 radical (unpaired) electrons. The predicted molar refractivity (Wildman–Crippen MR) is 98.3 cm³/mol. The number of carbonyl (C=O) groups excluding carboxylic acids is 1. The summed E-state index contributed by atoms with van der Waals surface area (Å²) < 4.78 is 0. The van der Waals surface area contributed by atoms with Gasteiger partial charge in [-0.1, -0.05) is 18.2 Å². The highest BCUT2D eigenvalue weighted by Gasteiger charge is 2.21. The van der Waals surface area contributed by atoms with Gasteiger partial charge in [0.1, 0.15) is 5.75 Å². The summed E-state index contributed by atoms with van der Waals surface area (Å²) in [6.07, 6.45) is 0.892. The van der Waals surface area contributed by atoms with Gasteiger partial charge in [0.2, 0.25) is 5.91 Å². The van der Waals surface area contributed by atoms with Crippen molar-refractivity contribution in [3.05, 3.63) is 64.2 Å². The summed E-state index contributed by atoms with van der Waals surface area (Å²) in [5.41, 5.74) is 1.79. The molecule has 2 aromatic carbocycles. The lowest BCUT2D eigenvalue weighted by Crippen LogP contribution is -2.48. The molecule has 1 aliphatic rings. The average Bonchev–Trinajstić information content (AvgIpc) is 2.67. The number of piperazine rings is 1. The average molecular weight is 355 g/mol. The van der Waals surface area contributed by atoms with Gasteiger partial charge in [0.25, 0.3) is 5.69 Å². The number of aromatic hydroxyl groups is 1. The predicted octanol–water partition coefficient (Wildman–Crippen LogP) is 2.58. The lowest BCUT2D eigenvalue weighted by atomic mass is 10.1. The molecule has 2 aromatic rings. The molecule has 1 saturated heterocycles. The highest BCUT2D eigenvalue weighted by molar-refractivity contribution is 5.77. The quantitative estimate of drug-likeness (QED) is 0.658. The van der Waals surface area contributed by atoms with Gasteiger partial charge in [-0.15, -0.1) is 0 Å². The Morgan fingerprint density at radius 1 is 1.04 bits per heavy atom. The number of nitro groups is 1. The third kappa shape index (κ3) is 4.11. The molecule has 1 fully saturated rings. The van der Waals surface area contributed by atoms with Crippen LogP contribution in [0.1, 0.15) is 12.0 Å². The number of hydrogen-bond acceptors (Lipinski definition) is 5. The van der Waals surface area contributed by atoms with Crippen molar-refractivity contribution < 1.29 is 14.8 Å². The molecule has 3 rings (SSSR count). The van der Waals surface area contributed by atoms with Crippen LogP contribution in [-0.2, 0) is 11.2 Å². The number of benzene rings is 2. The minimum absolute atomic E-state index is 0.0757. The van der Waals surface area contributed by atoms with Gasteiger partial charge >= 0.3 is 0 Å². The number of rotatable bonds is 5. The molecule has 1 amide bonds. The van der Waals surface area contributed by atoms with E-state index in [0.717, 1.165) is 11.3 Å². The second-order valence-corrected chi connectivity index (χ2v) is 6.27. The first kappa shape index (κ1) is 17.7. The number of phenols is 1. The van der Waals surface area contributed by atoms with Crippen molar-refractivity contribution in [3.8, 4) is 5.75 Å². The normalized spacial score (nSPS) is 14.3. The van der Waals surface area contributed by atoms with Crippen molar-refractivity contribution in [1.82, 2.24) is 4.90 Å². The summed E-state index contributed by atoms with van der Waals surface area (Å²) in [6.45, 7) is 2.63. The highest BCUT2D eigenvalue weighted by atomic mass is 16.6. The van der Waals surface area contributed by atoms with E-state index in [1.165, 1.54) is 12.1 Å². The zero-order valence-corrected chi connectivity index (χ0v) is 14.4. The van der Waals surface area contributed by atoms with E-state index in [2.05, 4.69) is 4.90 Å². The van der Waals surface area contributed by atoms with E-state index in [1.54, 1.807) is 24.3 Å². The third-order valence-electron chi connectivity index (χ3n) is 4.66. The maximum atomic E-state index is 12.4. The number of hydrogen-bond donors (Lipinski definition) is 1. The van der Waals surface area contributed by atoms with Crippen LogP contribution in [0.5, 0.6) is 5.75 Å². The third-order valence-corrected chi connectivity index (χ3v) is 4.66. The number of para-hydroxylation sites is 1. The van der Waals surface area contributed by atoms with Crippen LogP contribution in [0, 0.1) is 10.1 Å². The van der Waals surface area contributed by atoms with E-state index in [4.69, 9.17) is 0 Å². The monoisotopic (exact) mass is 355 g/mol. The summed E-state index contributed by atoms with van der Waals surface area (Å²) in [4.78, 5) is 26.7. The molecule has 1 N–H and O–H groups in total. The van der Waals surface area contributed by atoms with Crippen molar-refractivity contribution in [2.24, 2.45) is 0 Å². The maximum Gasteiger partial charge on any atom is 0.269 e. The first-order valence-corrected chi connectivity index (χ1v) is 8.58. The van der Waals surface area contributed by atoms with E-state index in [9.17, 15) is 20.0 Å². The van der Waals surface area contributed by atoms with Gasteiger partial charge in [-0.05, 0) is 30.2 Å². The standard InChI is InChI=1S/C19H21N3O4/c23-18-4-2-1-3-15(18)5-10-19(24)21-13-11-20(12-14-21)16-6-8-17(9-7-16)22(25)26/h1-4,6-9,23H,5,10-14H2. The van der Waals surface area contributed by atoms with Gasteiger partial charge < -0.3 is 14.9 Å². The van der Waals surface area contributed by atoms with Crippen LogP contribution in [0.4, 0.5) is 11.4 Å². The Morgan fingerprint density at radius 3 is 2.31 bits per heavy atom. The molecule has 136 valence electrons. The summed E-state index contributed by atoms with van der Waals surface area (Å²) in [6, 6.07) is 13.6. The largest absolute Gasteiger partial charge is 0.508 e. The molecule has 7 heteroatoms. The fraction of sp³-hybridized carbons (Fsp3) is 0.316. The molecule has 0 atom stereocenters. The van der Waals surface area contributed by atoms with Crippen molar-refractivity contribution in [2.45, 2.75) is 12.8 Å². The second kappa shape index (κ2) is 7.86. The first-order valence-electron chi connectivity index (χ1n) is 8.58. The Bertz CT molecular complexity index is 784. The lowest BCUT2D eigenvalue weighted by Gasteiger charge is -2.36. The Kier molecular flexibility index (Phi) is 5.36. The minimum Gasteiger partial charge on any atom is -0.508 e. The minimum atomic E-state index is -0.412. The van der Waals surface area contributed by atoms with Crippen LogP contribution < -0.4 is 4.90 Å². The van der Waals surface area contributed by atoms with E-state index in [-0.39, 0.29) is 17.3 Å². The van der Waals surface area contributed by atoms with Crippen LogP contribution >= 0.6 is 0 Å². The van der Waals surface area contributed by atoms with Gasteiger partial charge in [-0.2, -0.15) is 0 Å². The van der Waals surface area contributed by atoms with E-state index >= 15 is 0 Å². The number of phenolic OH excluding ortho intramolecular Hbond substituents is 1.